The number of aromatic nitrogens is 2. The van der Waals surface area contributed by atoms with Crippen LogP contribution in [0.15, 0.2) is 30.3 Å². The summed E-state index contributed by atoms with van der Waals surface area (Å²) < 4.78 is 41.7. The molecule has 242 valence electrons. The van der Waals surface area contributed by atoms with Gasteiger partial charge in [-0.25, -0.2) is 14.8 Å². The number of carbonyl (C=O) groups is 3. The van der Waals surface area contributed by atoms with Gasteiger partial charge in [-0.3, -0.25) is 9.59 Å². The zero-order valence-electron chi connectivity index (χ0n) is 24.8. The lowest BCUT2D eigenvalue weighted by Gasteiger charge is -2.34. The predicted octanol–water partition coefficient (Wildman–Crippen LogP) is 3.08. The van der Waals surface area contributed by atoms with E-state index in [0.29, 0.717) is 69.9 Å². The Bertz CT molecular complexity index is 1370. The molecule has 0 radical (unpaired) electrons. The van der Waals surface area contributed by atoms with Gasteiger partial charge in [-0.1, -0.05) is 12.1 Å². The Morgan fingerprint density at radius 3 is 2.36 bits per heavy atom. The number of hydrogen-bond acceptors (Lipinski definition) is 8. The van der Waals surface area contributed by atoms with Gasteiger partial charge in [0.05, 0.1) is 11.6 Å². The van der Waals surface area contributed by atoms with Crippen LogP contribution in [-0.2, 0) is 22.2 Å². The zero-order valence-corrected chi connectivity index (χ0v) is 24.8. The summed E-state index contributed by atoms with van der Waals surface area (Å²) in [6.07, 6.45) is -0.112. The van der Waals surface area contributed by atoms with Crippen molar-refractivity contribution in [3.63, 3.8) is 0 Å². The number of carboxylic acid groups (broad SMARTS) is 1. The first kappa shape index (κ1) is 33.3. The van der Waals surface area contributed by atoms with Gasteiger partial charge in [0.15, 0.2) is 0 Å². The molecule has 45 heavy (non-hydrogen) atoms. The molecule has 1 aromatic heterocycles. The lowest BCUT2D eigenvalue weighted by Crippen LogP contribution is -2.44. The highest BCUT2D eigenvalue weighted by Crippen LogP contribution is 2.34. The first-order valence-corrected chi connectivity index (χ1v) is 15.0. The van der Waals surface area contributed by atoms with Crippen molar-refractivity contribution in [1.29, 1.82) is 5.26 Å². The Labute approximate surface area is 259 Å². The Morgan fingerprint density at radius 2 is 1.69 bits per heavy atom. The van der Waals surface area contributed by atoms with E-state index in [-0.39, 0.29) is 17.5 Å². The number of urea groups is 1. The number of nitrogens with one attached hydrogen (secondary N) is 3. The highest BCUT2D eigenvalue weighted by atomic mass is 19.4. The fourth-order valence-corrected chi connectivity index (χ4v) is 5.63. The maximum Gasteiger partial charge on any atom is 0.451 e. The lowest BCUT2D eigenvalue weighted by atomic mass is 9.92. The maximum absolute atomic E-state index is 13.9. The Morgan fingerprint density at radius 1 is 0.978 bits per heavy atom. The average Bonchev–Trinajstić information content (AvgIpc) is 3.52. The van der Waals surface area contributed by atoms with E-state index < -0.39 is 36.6 Å². The second-order valence-electron chi connectivity index (χ2n) is 11.2. The monoisotopic (exact) mass is 630 g/mol. The number of carbonyl (C=O) groups excluding carboxylic acids is 2. The molecule has 2 saturated heterocycles. The number of rotatable bonds is 12. The molecule has 0 aliphatic carbocycles. The van der Waals surface area contributed by atoms with Crippen molar-refractivity contribution in [2.45, 2.75) is 57.2 Å². The Balaban J connectivity index is 1.33. The number of nitriles is 1. The third-order valence-electron chi connectivity index (χ3n) is 8.01. The number of anilines is 2. The van der Waals surface area contributed by atoms with E-state index in [0.717, 1.165) is 24.8 Å². The van der Waals surface area contributed by atoms with Crippen LogP contribution in [0.5, 0.6) is 0 Å². The molecule has 12 nitrogen and oxygen atoms in total. The SMILES string of the molecule is N#Cc1ccc(CCNC(=O)[C@@H]2CCCN2c2cc(N3CCC(CCCNC(=O)NCC(=O)O)CC3)nc(C(F)(F)F)n2)cc1. The van der Waals surface area contributed by atoms with Gasteiger partial charge in [0.25, 0.3) is 0 Å². The molecule has 3 amide bonds. The number of hydrogen-bond donors (Lipinski definition) is 4. The molecule has 15 heteroatoms. The molecule has 2 aliphatic heterocycles. The van der Waals surface area contributed by atoms with Crippen LogP contribution in [0, 0.1) is 17.2 Å². The van der Waals surface area contributed by atoms with Crippen molar-refractivity contribution in [1.82, 2.24) is 25.9 Å². The van der Waals surface area contributed by atoms with Crippen molar-refractivity contribution in [2.75, 3.05) is 49.1 Å². The van der Waals surface area contributed by atoms with Gasteiger partial charge >= 0.3 is 18.2 Å². The summed E-state index contributed by atoms with van der Waals surface area (Å²) in [5.41, 5.74) is 1.50. The second-order valence-corrected chi connectivity index (χ2v) is 11.2. The summed E-state index contributed by atoms with van der Waals surface area (Å²) in [4.78, 5) is 46.4. The maximum atomic E-state index is 13.9. The number of aliphatic carboxylic acids is 1. The van der Waals surface area contributed by atoms with Crippen molar-refractivity contribution >= 4 is 29.5 Å². The van der Waals surface area contributed by atoms with E-state index in [4.69, 9.17) is 10.4 Å². The van der Waals surface area contributed by atoms with Crippen LogP contribution in [0.3, 0.4) is 0 Å². The van der Waals surface area contributed by atoms with Gasteiger partial charge in [0.1, 0.15) is 24.2 Å². The van der Waals surface area contributed by atoms with E-state index in [1.807, 2.05) is 17.0 Å². The summed E-state index contributed by atoms with van der Waals surface area (Å²) in [5, 5.41) is 25.3. The van der Waals surface area contributed by atoms with Crippen LogP contribution in [0.4, 0.5) is 29.6 Å². The molecule has 0 saturated carbocycles. The summed E-state index contributed by atoms with van der Waals surface area (Å²) in [6.45, 7) is 1.68. The van der Waals surface area contributed by atoms with Crippen LogP contribution in [-0.4, -0.2) is 78.3 Å². The van der Waals surface area contributed by atoms with Crippen LogP contribution in [0.2, 0.25) is 0 Å². The smallest absolute Gasteiger partial charge is 0.451 e. The quantitative estimate of drug-likeness (QED) is 0.258. The fourth-order valence-electron chi connectivity index (χ4n) is 5.63. The molecule has 4 rings (SSSR count). The van der Waals surface area contributed by atoms with Crippen LogP contribution in [0.1, 0.15) is 55.5 Å². The van der Waals surface area contributed by atoms with E-state index in [1.165, 1.54) is 6.07 Å². The molecule has 2 aromatic rings. The van der Waals surface area contributed by atoms with Crippen LogP contribution in [0.25, 0.3) is 0 Å². The molecule has 1 atom stereocenters. The van der Waals surface area contributed by atoms with Gasteiger partial charge in [0.2, 0.25) is 11.7 Å². The fraction of sp³-hybridized carbons (Fsp3) is 0.533. The molecule has 2 aliphatic rings. The van der Waals surface area contributed by atoms with E-state index in [9.17, 15) is 27.6 Å². The van der Waals surface area contributed by atoms with Crippen molar-refractivity contribution < 1.29 is 32.7 Å². The molecule has 1 aromatic carbocycles. The first-order chi connectivity index (χ1) is 21.5. The first-order valence-electron chi connectivity index (χ1n) is 15.0. The number of benzene rings is 1. The molecule has 2 fully saturated rings. The number of alkyl halides is 3. The van der Waals surface area contributed by atoms with Gasteiger partial charge in [-0.2, -0.15) is 18.4 Å². The normalized spacial score (nSPS) is 17.1. The molecular formula is C30H37F3N8O4. The Hall–Kier alpha value is -4.61. The molecule has 4 N–H and O–H groups in total. The number of carboxylic acids is 1. The summed E-state index contributed by atoms with van der Waals surface area (Å²) >= 11 is 0. The van der Waals surface area contributed by atoms with Gasteiger partial charge in [-0.05, 0) is 68.6 Å². The Kier molecular flexibility index (Phi) is 11.4. The summed E-state index contributed by atoms with van der Waals surface area (Å²) in [6, 6.07) is 9.45. The summed E-state index contributed by atoms with van der Waals surface area (Å²) in [7, 11) is 0. The molecular weight excluding hydrogens is 593 g/mol. The molecule has 0 spiro atoms. The van der Waals surface area contributed by atoms with Crippen molar-refractivity contribution in [3.05, 3.63) is 47.3 Å². The van der Waals surface area contributed by atoms with Gasteiger partial charge < -0.3 is 30.9 Å². The minimum Gasteiger partial charge on any atom is -0.480 e. The second kappa shape index (κ2) is 15.4. The van der Waals surface area contributed by atoms with Crippen LogP contribution < -0.4 is 25.8 Å². The minimum atomic E-state index is -4.76. The summed E-state index contributed by atoms with van der Waals surface area (Å²) in [5.74, 6) is -2.07. The third kappa shape index (κ3) is 9.69. The van der Waals surface area contributed by atoms with Gasteiger partial charge in [-0.15, -0.1) is 0 Å². The highest BCUT2D eigenvalue weighted by molar-refractivity contribution is 5.85. The van der Waals surface area contributed by atoms with E-state index >= 15 is 0 Å². The van der Waals surface area contributed by atoms with Crippen LogP contribution >= 0.6 is 0 Å². The van der Waals surface area contributed by atoms with Gasteiger partial charge in [0, 0.05) is 38.8 Å². The number of amides is 3. The molecule has 0 bridgehead atoms. The topological polar surface area (TPSA) is 164 Å². The number of halogens is 3. The lowest BCUT2D eigenvalue weighted by molar-refractivity contribution is -0.144. The predicted molar refractivity (Wildman–Crippen MR) is 158 cm³/mol. The third-order valence-corrected chi connectivity index (χ3v) is 8.01. The highest BCUT2D eigenvalue weighted by Gasteiger charge is 2.39. The number of piperidine rings is 1. The average molecular weight is 631 g/mol. The molecule has 3 heterocycles. The minimum absolute atomic E-state index is 0.0754. The van der Waals surface area contributed by atoms with Crippen molar-refractivity contribution in [2.24, 2.45) is 5.92 Å². The van der Waals surface area contributed by atoms with E-state index in [2.05, 4.69) is 32.0 Å². The molecule has 0 unspecified atom stereocenters. The zero-order chi connectivity index (χ0) is 32.4. The largest absolute Gasteiger partial charge is 0.480 e. The van der Waals surface area contributed by atoms with E-state index in [1.54, 1.807) is 17.0 Å². The number of nitrogens with zero attached hydrogens (tertiary/aromatic N) is 5. The standard InChI is InChI=1S/C30H37F3N8O4/c31-30(32,33)28-38-24(40-15-10-20(11-16-40)3-1-12-36-29(45)37-19-26(42)43)17-25(39-28)41-14-2-4-23(41)27(44)35-13-9-21-5-7-22(18-34)8-6-21/h5-8,17,20,23H,1-4,9-16,19H2,(H,35,44)(H,42,43)(H2,36,37,45)/t23-/m0/s1. The van der Waals surface area contributed by atoms with Crippen molar-refractivity contribution in [3.8, 4) is 6.07 Å².